The minimum atomic E-state index is -0.503. The van der Waals surface area contributed by atoms with Crippen LogP contribution in [0.15, 0.2) is 36.7 Å². The van der Waals surface area contributed by atoms with Crippen LogP contribution in [0.25, 0.3) is 0 Å². The van der Waals surface area contributed by atoms with Crippen LogP contribution in [0.5, 0.6) is 0 Å². The van der Waals surface area contributed by atoms with E-state index in [0.717, 1.165) is 0 Å². The first kappa shape index (κ1) is 11.1. The standard InChI is InChI=1S/C12H11FN4/c13-11-3-1-4-12(10(11)9-14)15-6-8-17-7-2-5-16-17/h1-5,7,15H,6,8H2. The molecule has 0 unspecified atom stereocenters. The van der Waals surface area contributed by atoms with Crippen LogP contribution in [0.1, 0.15) is 5.56 Å². The topological polar surface area (TPSA) is 53.6 Å². The Morgan fingerprint density at radius 1 is 1.41 bits per heavy atom. The molecule has 0 aliphatic rings. The molecule has 17 heavy (non-hydrogen) atoms. The van der Waals surface area contributed by atoms with Crippen molar-refractivity contribution in [1.29, 1.82) is 5.26 Å². The zero-order valence-corrected chi connectivity index (χ0v) is 9.10. The Bertz CT molecular complexity index is 528. The number of rotatable bonds is 4. The van der Waals surface area contributed by atoms with Crippen molar-refractivity contribution in [3.05, 3.63) is 48.0 Å². The Morgan fingerprint density at radius 3 is 3.00 bits per heavy atom. The van der Waals surface area contributed by atoms with E-state index < -0.39 is 5.82 Å². The molecule has 4 nitrogen and oxygen atoms in total. The Morgan fingerprint density at radius 2 is 2.29 bits per heavy atom. The van der Waals surface area contributed by atoms with Gasteiger partial charge in [-0.2, -0.15) is 10.4 Å². The molecule has 0 aliphatic heterocycles. The van der Waals surface area contributed by atoms with Crippen LogP contribution in [-0.4, -0.2) is 16.3 Å². The molecule has 0 radical (unpaired) electrons. The van der Waals surface area contributed by atoms with Crippen molar-refractivity contribution in [3.63, 3.8) is 0 Å². The third-order valence-corrected chi connectivity index (χ3v) is 2.34. The highest BCUT2D eigenvalue weighted by Gasteiger charge is 2.06. The zero-order valence-electron chi connectivity index (χ0n) is 9.10. The van der Waals surface area contributed by atoms with Gasteiger partial charge in [-0.25, -0.2) is 4.39 Å². The van der Waals surface area contributed by atoms with Gasteiger partial charge in [0.25, 0.3) is 0 Å². The van der Waals surface area contributed by atoms with Crippen molar-refractivity contribution in [2.45, 2.75) is 6.54 Å². The number of hydrogen-bond acceptors (Lipinski definition) is 3. The third-order valence-electron chi connectivity index (χ3n) is 2.34. The zero-order chi connectivity index (χ0) is 12.1. The maximum atomic E-state index is 13.3. The van der Waals surface area contributed by atoms with E-state index in [1.165, 1.54) is 6.07 Å². The average Bonchev–Trinajstić information content (AvgIpc) is 2.82. The molecule has 0 saturated carbocycles. The first-order chi connectivity index (χ1) is 8.31. The summed E-state index contributed by atoms with van der Waals surface area (Å²) in [6.07, 6.45) is 3.54. The minimum absolute atomic E-state index is 0.0490. The quantitative estimate of drug-likeness (QED) is 0.874. The molecule has 2 rings (SSSR count). The van der Waals surface area contributed by atoms with Gasteiger partial charge >= 0.3 is 0 Å². The first-order valence-corrected chi connectivity index (χ1v) is 5.21. The third kappa shape index (κ3) is 2.61. The first-order valence-electron chi connectivity index (χ1n) is 5.21. The van der Waals surface area contributed by atoms with Gasteiger partial charge in [-0.05, 0) is 18.2 Å². The van der Waals surface area contributed by atoms with Crippen molar-refractivity contribution in [2.75, 3.05) is 11.9 Å². The van der Waals surface area contributed by atoms with Crippen LogP contribution in [0, 0.1) is 17.1 Å². The van der Waals surface area contributed by atoms with Gasteiger partial charge in [-0.3, -0.25) is 4.68 Å². The number of aromatic nitrogens is 2. The molecule has 0 spiro atoms. The molecule has 1 aromatic carbocycles. The van der Waals surface area contributed by atoms with E-state index in [4.69, 9.17) is 5.26 Å². The lowest BCUT2D eigenvalue weighted by atomic mass is 10.2. The summed E-state index contributed by atoms with van der Waals surface area (Å²) in [4.78, 5) is 0. The number of anilines is 1. The number of benzene rings is 1. The van der Waals surface area contributed by atoms with Crippen molar-refractivity contribution >= 4 is 5.69 Å². The van der Waals surface area contributed by atoms with E-state index in [0.29, 0.717) is 18.8 Å². The van der Waals surface area contributed by atoms with Gasteiger partial charge in [0.2, 0.25) is 0 Å². The van der Waals surface area contributed by atoms with Crippen LogP contribution in [0.4, 0.5) is 10.1 Å². The molecule has 1 aromatic heterocycles. The fraction of sp³-hybridized carbons (Fsp3) is 0.167. The summed E-state index contributed by atoms with van der Waals surface area (Å²) in [7, 11) is 0. The van der Waals surface area contributed by atoms with Crippen LogP contribution >= 0.6 is 0 Å². The molecule has 1 N–H and O–H groups in total. The van der Waals surface area contributed by atoms with Gasteiger partial charge in [0.15, 0.2) is 0 Å². The maximum absolute atomic E-state index is 13.3. The summed E-state index contributed by atoms with van der Waals surface area (Å²) in [5.74, 6) is -0.503. The molecule has 0 aliphatic carbocycles. The van der Waals surface area contributed by atoms with Crippen molar-refractivity contribution in [1.82, 2.24) is 9.78 Å². The van der Waals surface area contributed by atoms with Crippen LogP contribution in [-0.2, 0) is 6.54 Å². The molecule has 0 amide bonds. The molecule has 1 heterocycles. The number of halogens is 1. The second-order valence-corrected chi connectivity index (χ2v) is 3.47. The van der Waals surface area contributed by atoms with Crippen LogP contribution in [0.2, 0.25) is 0 Å². The van der Waals surface area contributed by atoms with Gasteiger partial charge in [0.05, 0.1) is 12.2 Å². The normalized spacial score (nSPS) is 9.88. The van der Waals surface area contributed by atoms with E-state index in [1.54, 1.807) is 23.0 Å². The lowest BCUT2D eigenvalue weighted by Crippen LogP contribution is -2.11. The SMILES string of the molecule is N#Cc1c(F)cccc1NCCn1cccn1. The summed E-state index contributed by atoms with van der Waals surface area (Å²) in [5.41, 5.74) is 0.563. The molecule has 0 saturated heterocycles. The average molecular weight is 230 g/mol. The molecule has 2 aromatic rings. The fourth-order valence-corrected chi connectivity index (χ4v) is 1.52. The molecule has 86 valence electrons. The fourth-order valence-electron chi connectivity index (χ4n) is 1.52. The van der Waals surface area contributed by atoms with Crippen molar-refractivity contribution < 1.29 is 4.39 Å². The number of nitrogens with zero attached hydrogens (tertiary/aromatic N) is 3. The second-order valence-electron chi connectivity index (χ2n) is 3.47. The molecular formula is C12H11FN4. The molecule has 0 fully saturated rings. The maximum Gasteiger partial charge on any atom is 0.143 e. The Labute approximate surface area is 98.3 Å². The van der Waals surface area contributed by atoms with Crippen molar-refractivity contribution in [2.24, 2.45) is 0 Å². The van der Waals surface area contributed by atoms with Gasteiger partial charge in [0, 0.05) is 18.9 Å². The highest BCUT2D eigenvalue weighted by atomic mass is 19.1. The van der Waals surface area contributed by atoms with E-state index >= 15 is 0 Å². The van der Waals surface area contributed by atoms with E-state index in [2.05, 4.69) is 10.4 Å². The molecular weight excluding hydrogens is 219 g/mol. The molecule has 5 heteroatoms. The number of hydrogen-bond donors (Lipinski definition) is 1. The van der Waals surface area contributed by atoms with E-state index in [1.807, 2.05) is 18.3 Å². The predicted octanol–water partition coefficient (Wildman–Crippen LogP) is 2.01. The summed E-state index contributed by atoms with van der Waals surface area (Å²) >= 11 is 0. The summed E-state index contributed by atoms with van der Waals surface area (Å²) in [6, 6.07) is 8.22. The van der Waals surface area contributed by atoms with Crippen LogP contribution in [0.3, 0.4) is 0 Å². The van der Waals surface area contributed by atoms with Crippen molar-refractivity contribution in [3.8, 4) is 6.07 Å². The highest BCUT2D eigenvalue weighted by Crippen LogP contribution is 2.17. The lowest BCUT2D eigenvalue weighted by Gasteiger charge is -2.08. The van der Waals surface area contributed by atoms with Gasteiger partial charge in [0.1, 0.15) is 17.4 Å². The highest BCUT2D eigenvalue weighted by molar-refractivity contribution is 5.57. The lowest BCUT2D eigenvalue weighted by molar-refractivity contribution is 0.622. The number of nitriles is 1. The van der Waals surface area contributed by atoms with Gasteiger partial charge < -0.3 is 5.32 Å². The van der Waals surface area contributed by atoms with Gasteiger partial charge in [-0.15, -0.1) is 0 Å². The van der Waals surface area contributed by atoms with Crippen LogP contribution < -0.4 is 5.32 Å². The minimum Gasteiger partial charge on any atom is -0.382 e. The largest absolute Gasteiger partial charge is 0.382 e. The summed E-state index contributed by atoms with van der Waals surface area (Å²) in [5, 5.41) is 15.9. The van der Waals surface area contributed by atoms with Gasteiger partial charge in [-0.1, -0.05) is 6.07 Å². The van der Waals surface area contributed by atoms with E-state index in [-0.39, 0.29) is 5.56 Å². The summed E-state index contributed by atoms with van der Waals surface area (Å²) < 4.78 is 15.0. The summed E-state index contributed by atoms with van der Waals surface area (Å²) in [6.45, 7) is 1.24. The molecule has 0 bridgehead atoms. The number of nitrogens with one attached hydrogen (secondary N) is 1. The predicted molar refractivity (Wildman–Crippen MR) is 61.8 cm³/mol. The Kier molecular flexibility index (Phi) is 3.36. The Hall–Kier alpha value is -2.35. The smallest absolute Gasteiger partial charge is 0.143 e. The Balaban J connectivity index is 2.00. The molecule has 0 atom stereocenters. The second kappa shape index (κ2) is 5.12. The van der Waals surface area contributed by atoms with E-state index in [9.17, 15) is 4.39 Å². The monoisotopic (exact) mass is 230 g/mol.